The number of carbonyl (C=O) groups excluding carboxylic acids is 1. The van der Waals surface area contributed by atoms with Crippen molar-refractivity contribution in [2.75, 3.05) is 6.54 Å². The van der Waals surface area contributed by atoms with Gasteiger partial charge in [-0.15, -0.1) is 0 Å². The summed E-state index contributed by atoms with van der Waals surface area (Å²) in [4.78, 5) is 17.3. The predicted octanol–water partition coefficient (Wildman–Crippen LogP) is 2.86. The van der Waals surface area contributed by atoms with E-state index in [0.717, 1.165) is 23.4 Å². The molecule has 1 aliphatic heterocycles. The minimum absolute atomic E-state index is 0.167. The van der Waals surface area contributed by atoms with Crippen LogP contribution in [0.15, 0.2) is 24.3 Å². The van der Waals surface area contributed by atoms with E-state index in [1.807, 2.05) is 19.9 Å². The van der Waals surface area contributed by atoms with Crippen molar-refractivity contribution in [2.45, 2.75) is 32.4 Å². The van der Waals surface area contributed by atoms with Gasteiger partial charge >= 0.3 is 0 Å². The first-order valence-electron chi connectivity index (χ1n) is 7.47. The van der Waals surface area contributed by atoms with Gasteiger partial charge in [-0.25, -0.2) is 8.78 Å². The molecule has 1 aliphatic rings. The highest BCUT2D eigenvalue weighted by Gasteiger charge is 2.37. The van der Waals surface area contributed by atoms with Crippen molar-refractivity contribution in [3.63, 3.8) is 0 Å². The Morgan fingerprint density at radius 3 is 2.61 bits per heavy atom. The third-order valence-electron chi connectivity index (χ3n) is 4.23. The molecule has 2 unspecified atom stereocenters. The van der Waals surface area contributed by atoms with Crippen LogP contribution < -0.4 is 0 Å². The highest BCUT2D eigenvalue weighted by Crippen LogP contribution is 2.34. The van der Waals surface area contributed by atoms with Crippen molar-refractivity contribution in [3.05, 3.63) is 58.4 Å². The van der Waals surface area contributed by atoms with Crippen LogP contribution in [0.1, 0.15) is 39.8 Å². The zero-order valence-electron chi connectivity index (χ0n) is 12.9. The largest absolute Gasteiger partial charge is 0.391 e. The highest BCUT2D eigenvalue weighted by molar-refractivity contribution is 5.94. The Balaban J connectivity index is 1.94. The number of halogens is 2. The average molecular weight is 320 g/mol. The summed E-state index contributed by atoms with van der Waals surface area (Å²) in [6.45, 7) is 3.85. The third kappa shape index (κ3) is 2.86. The second-order valence-corrected chi connectivity index (χ2v) is 6.05. The number of nitrogens with zero attached hydrogens (tertiary/aromatic N) is 1. The van der Waals surface area contributed by atoms with E-state index in [0.29, 0.717) is 17.7 Å². The summed E-state index contributed by atoms with van der Waals surface area (Å²) in [6.07, 6.45) is -0.385. The summed E-state index contributed by atoms with van der Waals surface area (Å²) in [7, 11) is 0. The molecule has 0 bridgehead atoms. The van der Waals surface area contributed by atoms with Gasteiger partial charge in [-0.05, 0) is 49.6 Å². The van der Waals surface area contributed by atoms with Crippen LogP contribution in [0.2, 0.25) is 0 Å². The lowest BCUT2D eigenvalue weighted by Crippen LogP contribution is -2.32. The topological polar surface area (TPSA) is 56.3 Å². The van der Waals surface area contributed by atoms with Crippen molar-refractivity contribution in [2.24, 2.45) is 0 Å². The number of aromatic amines is 1. The molecule has 1 aromatic heterocycles. The summed E-state index contributed by atoms with van der Waals surface area (Å²) in [5, 5.41) is 9.95. The predicted molar refractivity (Wildman–Crippen MR) is 81.0 cm³/mol. The first kappa shape index (κ1) is 15.7. The number of aliphatic hydroxyl groups is 1. The molecule has 0 spiro atoms. The van der Waals surface area contributed by atoms with Crippen molar-refractivity contribution < 1.29 is 18.7 Å². The fourth-order valence-corrected chi connectivity index (χ4v) is 3.17. The van der Waals surface area contributed by atoms with Crippen LogP contribution in [0, 0.1) is 25.5 Å². The fourth-order valence-electron chi connectivity index (χ4n) is 3.17. The van der Waals surface area contributed by atoms with E-state index < -0.39 is 23.8 Å². The number of amides is 1. The molecule has 2 aromatic rings. The molecular formula is C17H18F2N2O2. The average Bonchev–Trinajstić information content (AvgIpc) is 3.03. The normalized spacial score (nSPS) is 21.0. The lowest BCUT2D eigenvalue weighted by molar-refractivity contribution is 0.0709. The van der Waals surface area contributed by atoms with Crippen LogP contribution in [0.5, 0.6) is 0 Å². The van der Waals surface area contributed by atoms with Gasteiger partial charge in [0, 0.05) is 12.2 Å². The zero-order chi connectivity index (χ0) is 16.7. The summed E-state index contributed by atoms with van der Waals surface area (Å²) in [5.74, 6) is -2.13. The Morgan fingerprint density at radius 2 is 2.00 bits per heavy atom. The minimum atomic E-state index is -0.955. The zero-order valence-corrected chi connectivity index (χ0v) is 12.9. The molecule has 2 heterocycles. The first-order chi connectivity index (χ1) is 10.9. The maximum absolute atomic E-state index is 13.5. The van der Waals surface area contributed by atoms with E-state index in [-0.39, 0.29) is 12.5 Å². The van der Waals surface area contributed by atoms with Gasteiger partial charge < -0.3 is 15.0 Å². The van der Waals surface area contributed by atoms with E-state index in [4.69, 9.17) is 0 Å². The number of H-pyrrole nitrogens is 1. The number of hydrogen-bond donors (Lipinski definition) is 2. The van der Waals surface area contributed by atoms with E-state index in [1.165, 1.54) is 11.0 Å². The Hall–Kier alpha value is -2.21. The molecule has 0 aliphatic carbocycles. The van der Waals surface area contributed by atoms with Crippen LogP contribution in [0.3, 0.4) is 0 Å². The molecule has 4 nitrogen and oxygen atoms in total. The molecule has 0 radical (unpaired) electrons. The monoisotopic (exact) mass is 320 g/mol. The van der Waals surface area contributed by atoms with Crippen LogP contribution >= 0.6 is 0 Å². The molecule has 0 saturated carbocycles. The molecule has 23 heavy (non-hydrogen) atoms. The molecule has 3 rings (SSSR count). The Bertz CT molecular complexity index is 757. The molecule has 2 atom stereocenters. The van der Waals surface area contributed by atoms with E-state index in [2.05, 4.69) is 4.98 Å². The lowest BCUT2D eigenvalue weighted by Gasteiger charge is -2.24. The van der Waals surface area contributed by atoms with Gasteiger partial charge in [0.2, 0.25) is 0 Å². The van der Waals surface area contributed by atoms with Crippen molar-refractivity contribution >= 4 is 5.91 Å². The van der Waals surface area contributed by atoms with E-state index in [9.17, 15) is 18.7 Å². The molecule has 1 saturated heterocycles. The maximum atomic E-state index is 13.5. The second kappa shape index (κ2) is 5.77. The van der Waals surface area contributed by atoms with Crippen LogP contribution in [-0.4, -0.2) is 33.5 Å². The molecule has 6 heteroatoms. The van der Waals surface area contributed by atoms with Gasteiger partial charge in [0.15, 0.2) is 11.6 Å². The van der Waals surface area contributed by atoms with Gasteiger partial charge in [0.25, 0.3) is 5.91 Å². The first-order valence-corrected chi connectivity index (χ1v) is 7.47. The second-order valence-electron chi connectivity index (χ2n) is 6.05. The van der Waals surface area contributed by atoms with Crippen LogP contribution in [-0.2, 0) is 0 Å². The number of benzene rings is 1. The number of aryl methyl sites for hydroxylation is 2. The Kier molecular flexibility index (Phi) is 3.93. The molecule has 1 amide bonds. The standard InChI is InChI=1S/C17H18F2N2O2/c1-9-5-10(2)20-16(9)17(23)21-8-12(22)7-15(21)11-3-4-13(18)14(19)6-11/h3-6,12,15,20,22H,7-8H2,1-2H3. The summed E-state index contributed by atoms with van der Waals surface area (Å²) < 4.78 is 26.6. The Morgan fingerprint density at radius 1 is 1.26 bits per heavy atom. The molecule has 1 fully saturated rings. The number of hydrogen-bond acceptors (Lipinski definition) is 2. The SMILES string of the molecule is Cc1cc(C)c(C(=O)N2CC(O)CC2c2ccc(F)c(F)c2)[nH]1. The summed E-state index contributed by atoms with van der Waals surface area (Å²) >= 11 is 0. The van der Waals surface area contributed by atoms with Crippen LogP contribution in [0.4, 0.5) is 8.78 Å². The molecule has 2 N–H and O–H groups in total. The van der Waals surface area contributed by atoms with Crippen molar-refractivity contribution in [3.8, 4) is 0 Å². The summed E-state index contributed by atoms with van der Waals surface area (Å²) in [6, 6.07) is 4.98. The quantitative estimate of drug-likeness (QED) is 0.894. The lowest BCUT2D eigenvalue weighted by atomic mass is 10.0. The van der Waals surface area contributed by atoms with E-state index in [1.54, 1.807) is 0 Å². The number of aromatic nitrogens is 1. The highest BCUT2D eigenvalue weighted by atomic mass is 19.2. The third-order valence-corrected chi connectivity index (χ3v) is 4.23. The molecule has 1 aromatic carbocycles. The fraction of sp³-hybridized carbons (Fsp3) is 0.353. The number of carbonyl (C=O) groups is 1. The number of likely N-dealkylation sites (tertiary alicyclic amines) is 1. The van der Waals surface area contributed by atoms with Gasteiger partial charge in [-0.1, -0.05) is 6.07 Å². The van der Waals surface area contributed by atoms with Crippen molar-refractivity contribution in [1.29, 1.82) is 0 Å². The number of rotatable bonds is 2. The molecule has 122 valence electrons. The van der Waals surface area contributed by atoms with Gasteiger partial charge in [0.1, 0.15) is 5.69 Å². The number of nitrogens with one attached hydrogen (secondary N) is 1. The van der Waals surface area contributed by atoms with Gasteiger partial charge in [0.05, 0.1) is 12.1 Å². The van der Waals surface area contributed by atoms with E-state index >= 15 is 0 Å². The smallest absolute Gasteiger partial charge is 0.271 e. The number of aliphatic hydroxyl groups excluding tert-OH is 1. The van der Waals surface area contributed by atoms with Crippen LogP contribution in [0.25, 0.3) is 0 Å². The summed E-state index contributed by atoms with van der Waals surface area (Å²) in [5.41, 5.74) is 2.63. The van der Waals surface area contributed by atoms with Gasteiger partial charge in [-0.2, -0.15) is 0 Å². The Labute approximate surface area is 132 Å². The molecular weight excluding hydrogens is 302 g/mol. The maximum Gasteiger partial charge on any atom is 0.271 e. The number of β-amino-alcohol motifs (C(OH)–C–C–N with tert-alkyl or cyclic N) is 1. The van der Waals surface area contributed by atoms with Crippen molar-refractivity contribution in [1.82, 2.24) is 9.88 Å². The minimum Gasteiger partial charge on any atom is -0.391 e. The van der Waals surface area contributed by atoms with Gasteiger partial charge in [-0.3, -0.25) is 4.79 Å².